The van der Waals surface area contributed by atoms with E-state index in [1.54, 1.807) is 0 Å². The van der Waals surface area contributed by atoms with Gasteiger partial charge in [-0.3, -0.25) is 0 Å². The van der Waals surface area contributed by atoms with Crippen LogP contribution in [0.2, 0.25) is 0 Å². The molecule has 1 saturated heterocycles. The normalized spacial score (nSPS) is 26.1. The number of imidazole rings is 1. The Morgan fingerprint density at radius 1 is 1.18 bits per heavy atom. The van der Waals surface area contributed by atoms with Crippen molar-refractivity contribution in [3.63, 3.8) is 0 Å². The van der Waals surface area contributed by atoms with Crippen molar-refractivity contribution in [1.29, 1.82) is 0 Å². The Labute approximate surface area is 132 Å². The van der Waals surface area contributed by atoms with E-state index >= 15 is 0 Å². The predicted molar refractivity (Wildman–Crippen MR) is 83.8 cm³/mol. The molecule has 0 radical (unpaired) electrons. The molecule has 0 spiro atoms. The lowest BCUT2D eigenvalue weighted by molar-refractivity contribution is 0.0163. The molecule has 5 nitrogen and oxygen atoms in total. The fourth-order valence-electron chi connectivity index (χ4n) is 3.65. The summed E-state index contributed by atoms with van der Waals surface area (Å²) >= 11 is 0. The van der Waals surface area contributed by atoms with E-state index in [0.717, 1.165) is 64.8 Å². The third kappa shape index (κ3) is 3.36. The molecule has 3 aliphatic rings. The topological polar surface area (TPSA) is 48.3 Å². The monoisotopic (exact) mass is 305 g/mol. The van der Waals surface area contributed by atoms with Crippen LogP contribution in [0, 0.1) is 11.8 Å². The van der Waals surface area contributed by atoms with E-state index in [4.69, 9.17) is 9.47 Å². The van der Waals surface area contributed by atoms with Crippen LogP contribution in [0.5, 0.6) is 0 Å². The first-order valence-electron chi connectivity index (χ1n) is 8.80. The van der Waals surface area contributed by atoms with Gasteiger partial charge in [-0.1, -0.05) is 0 Å². The summed E-state index contributed by atoms with van der Waals surface area (Å²) in [4.78, 5) is 4.61. The van der Waals surface area contributed by atoms with Crippen molar-refractivity contribution >= 4 is 0 Å². The maximum absolute atomic E-state index is 6.08. The molecule has 3 heterocycles. The van der Waals surface area contributed by atoms with Gasteiger partial charge in [-0.15, -0.1) is 0 Å². The van der Waals surface area contributed by atoms with Crippen LogP contribution >= 0.6 is 0 Å². The van der Waals surface area contributed by atoms with Crippen LogP contribution in [0.3, 0.4) is 0 Å². The standard InChI is InChI=1S/C17H27N3O2/c1-2-13(1)9-20-12-19-16-8-18-7-15(17(16)20)11-22-10-14-3-5-21-6-4-14/h12-15,18H,1-11H2. The molecule has 0 bridgehead atoms. The first kappa shape index (κ1) is 14.7. The van der Waals surface area contributed by atoms with Crippen LogP contribution in [0.1, 0.15) is 43.0 Å². The van der Waals surface area contributed by atoms with Crippen LogP contribution in [-0.4, -0.2) is 42.5 Å². The van der Waals surface area contributed by atoms with Crippen molar-refractivity contribution in [1.82, 2.24) is 14.9 Å². The Morgan fingerprint density at radius 2 is 2.05 bits per heavy atom. The van der Waals surface area contributed by atoms with E-state index in [2.05, 4.69) is 14.9 Å². The molecule has 1 saturated carbocycles. The van der Waals surface area contributed by atoms with Gasteiger partial charge in [0.25, 0.3) is 0 Å². The molecule has 1 aliphatic carbocycles. The third-order valence-corrected chi connectivity index (χ3v) is 5.19. The predicted octanol–water partition coefficient (Wildman–Crippen LogP) is 1.92. The molecule has 2 aliphatic heterocycles. The fourth-order valence-corrected chi connectivity index (χ4v) is 3.65. The molecule has 0 aromatic carbocycles. The van der Waals surface area contributed by atoms with Gasteiger partial charge in [0.2, 0.25) is 0 Å². The van der Waals surface area contributed by atoms with Gasteiger partial charge in [0.05, 0.1) is 18.6 Å². The van der Waals surface area contributed by atoms with Crippen LogP contribution < -0.4 is 5.32 Å². The molecule has 1 N–H and O–H groups in total. The second-order valence-corrected chi connectivity index (χ2v) is 7.09. The van der Waals surface area contributed by atoms with Crippen molar-refractivity contribution in [3.8, 4) is 0 Å². The molecular formula is C17H27N3O2. The Kier molecular flexibility index (Phi) is 4.46. The van der Waals surface area contributed by atoms with Gasteiger partial charge in [0.15, 0.2) is 0 Å². The van der Waals surface area contributed by atoms with Crippen molar-refractivity contribution in [2.24, 2.45) is 11.8 Å². The van der Waals surface area contributed by atoms with Crippen molar-refractivity contribution in [2.75, 3.05) is 33.0 Å². The number of hydrogen-bond donors (Lipinski definition) is 1. The largest absolute Gasteiger partial charge is 0.381 e. The maximum atomic E-state index is 6.08. The zero-order valence-electron chi connectivity index (χ0n) is 13.3. The highest BCUT2D eigenvalue weighted by atomic mass is 16.5. The van der Waals surface area contributed by atoms with Gasteiger partial charge < -0.3 is 19.4 Å². The summed E-state index contributed by atoms with van der Waals surface area (Å²) in [5.41, 5.74) is 2.66. The zero-order valence-corrected chi connectivity index (χ0v) is 13.3. The minimum atomic E-state index is 0.449. The van der Waals surface area contributed by atoms with Crippen molar-refractivity contribution < 1.29 is 9.47 Å². The lowest BCUT2D eigenvalue weighted by atomic mass is 9.99. The highest BCUT2D eigenvalue weighted by Gasteiger charge is 2.29. The van der Waals surface area contributed by atoms with Crippen LogP contribution in [0.4, 0.5) is 0 Å². The summed E-state index contributed by atoms with van der Waals surface area (Å²) in [5.74, 6) is 2.02. The lowest BCUT2D eigenvalue weighted by Gasteiger charge is -2.27. The first-order chi connectivity index (χ1) is 10.9. The molecule has 22 heavy (non-hydrogen) atoms. The fraction of sp³-hybridized carbons (Fsp3) is 0.824. The van der Waals surface area contributed by atoms with Gasteiger partial charge in [-0.25, -0.2) is 4.98 Å². The average molecular weight is 305 g/mol. The molecule has 1 aromatic rings. The molecule has 5 heteroatoms. The second kappa shape index (κ2) is 6.69. The second-order valence-electron chi connectivity index (χ2n) is 7.09. The molecule has 4 rings (SSSR count). The van der Waals surface area contributed by atoms with E-state index in [-0.39, 0.29) is 0 Å². The van der Waals surface area contributed by atoms with Crippen molar-refractivity contribution in [3.05, 3.63) is 17.7 Å². The van der Waals surface area contributed by atoms with E-state index in [1.807, 2.05) is 6.33 Å². The molecular weight excluding hydrogens is 278 g/mol. The van der Waals surface area contributed by atoms with Gasteiger partial charge in [0, 0.05) is 51.1 Å². The Hall–Kier alpha value is -0.910. The highest BCUT2D eigenvalue weighted by molar-refractivity contribution is 5.22. The van der Waals surface area contributed by atoms with E-state index in [0.29, 0.717) is 11.8 Å². The van der Waals surface area contributed by atoms with Gasteiger partial charge in [0.1, 0.15) is 0 Å². The number of rotatable bonds is 6. The number of hydrogen-bond acceptors (Lipinski definition) is 4. The number of fused-ring (bicyclic) bond motifs is 1. The summed E-state index contributed by atoms with van der Waals surface area (Å²) in [5, 5.41) is 3.49. The van der Waals surface area contributed by atoms with Crippen LogP contribution in [0.15, 0.2) is 6.33 Å². The van der Waals surface area contributed by atoms with E-state index in [9.17, 15) is 0 Å². The Bertz CT molecular complexity index is 492. The molecule has 1 unspecified atom stereocenters. The smallest absolute Gasteiger partial charge is 0.0952 e. The third-order valence-electron chi connectivity index (χ3n) is 5.19. The minimum absolute atomic E-state index is 0.449. The van der Waals surface area contributed by atoms with E-state index < -0.39 is 0 Å². The van der Waals surface area contributed by atoms with Crippen molar-refractivity contribution in [2.45, 2.75) is 44.7 Å². The summed E-state index contributed by atoms with van der Waals surface area (Å²) < 4.78 is 13.9. The molecule has 0 amide bonds. The van der Waals surface area contributed by atoms with Crippen LogP contribution in [0.25, 0.3) is 0 Å². The quantitative estimate of drug-likeness (QED) is 0.872. The number of aromatic nitrogens is 2. The van der Waals surface area contributed by atoms with Gasteiger partial charge in [-0.05, 0) is 37.5 Å². The van der Waals surface area contributed by atoms with Gasteiger partial charge in [-0.2, -0.15) is 0 Å². The highest BCUT2D eigenvalue weighted by Crippen LogP contribution is 2.33. The average Bonchev–Trinajstić information content (AvgIpc) is 3.28. The van der Waals surface area contributed by atoms with Crippen LogP contribution in [-0.2, 0) is 22.6 Å². The lowest BCUT2D eigenvalue weighted by Crippen LogP contribution is -2.33. The Balaban J connectivity index is 1.35. The van der Waals surface area contributed by atoms with Gasteiger partial charge >= 0.3 is 0 Å². The maximum Gasteiger partial charge on any atom is 0.0952 e. The zero-order chi connectivity index (χ0) is 14.8. The first-order valence-corrected chi connectivity index (χ1v) is 8.80. The minimum Gasteiger partial charge on any atom is -0.381 e. The molecule has 2 fully saturated rings. The molecule has 1 atom stereocenters. The SMILES string of the molecule is c1nc2c(n1CC1CC1)C(COCC1CCOCC1)CNC2. The number of ether oxygens (including phenoxy) is 2. The summed E-state index contributed by atoms with van der Waals surface area (Å²) in [6, 6.07) is 0. The summed E-state index contributed by atoms with van der Waals surface area (Å²) in [6.07, 6.45) is 7.11. The van der Waals surface area contributed by atoms with E-state index in [1.165, 1.54) is 24.2 Å². The molecule has 122 valence electrons. The summed E-state index contributed by atoms with van der Waals surface area (Å²) in [6.45, 7) is 6.56. The number of nitrogens with zero attached hydrogens (tertiary/aromatic N) is 2. The Morgan fingerprint density at radius 3 is 2.86 bits per heavy atom. The number of nitrogens with one attached hydrogen (secondary N) is 1. The molecule has 1 aromatic heterocycles. The summed E-state index contributed by atoms with van der Waals surface area (Å²) in [7, 11) is 0.